The fourth-order valence-corrected chi connectivity index (χ4v) is 1.26. The van der Waals surface area contributed by atoms with Gasteiger partial charge in [0.15, 0.2) is 0 Å². The molecule has 0 atom stereocenters. The number of rotatable bonds is 5. The summed E-state index contributed by atoms with van der Waals surface area (Å²) < 4.78 is 5.13. The number of ether oxygens (including phenoxy) is 1. The van der Waals surface area contributed by atoms with E-state index in [1.165, 1.54) is 0 Å². The zero-order valence-electron chi connectivity index (χ0n) is 7.37. The van der Waals surface area contributed by atoms with Crippen molar-refractivity contribution in [3.63, 3.8) is 0 Å². The average molecular weight is 201 g/mol. The third kappa shape index (κ3) is 4.27. The molecule has 0 spiro atoms. The standard InChI is InChI=1S/C10H13ClO2/c11-10-3-1-2-9(8-10)4-6-13-7-5-12/h1-3,8,12H,4-7H2. The lowest BCUT2D eigenvalue weighted by molar-refractivity contribution is 0.0944. The van der Waals surface area contributed by atoms with Crippen LogP contribution >= 0.6 is 11.6 Å². The molecule has 0 amide bonds. The number of hydrogen-bond acceptors (Lipinski definition) is 2. The van der Waals surface area contributed by atoms with Crippen LogP contribution in [0.25, 0.3) is 0 Å². The predicted octanol–water partition coefficient (Wildman–Crippen LogP) is 1.89. The van der Waals surface area contributed by atoms with Crippen LogP contribution in [0.5, 0.6) is 0 Å². The Morgan fingerprint density at radius 2 is 2.15 bits per heavy atom. The van der Waals surface area contributed by atoms with Gasteiger partial charge in [0.05, 0.1) is 19.8 Å². The van der Waals surface area contributed by atoms with Crippen molar-refractivity contribution < 1.29 is 9.84 Å². The molecule has 13 heavy (non-hydrogen) atoms. The quantitative estimate of drug-likeness (QED) is 0.736. The van der Waals surface area contributed by atoms with Crippen LogP contribution in [0.2, 0.25) is 5.02 Å². The van der Waals surface area contributed by atoms with E-state index >= 15 is 0 Å². The second kappa shape index (κ2) is 5.97. The summed E-state index contributed by atoms with van der Waals surface area (Å²) in [5.74, 6) is 0. The minimum atomic E-state index is 0.0789. The van der Waals surface area contributed by atoms with Gasteiger partial charge in [0.1, 0.15) is 0 Å². The molecule has 0 heterocycles. The molecule has 1 aromatic rings. The Balaban J connectivity index is 2.28. The molecular formula is C10H13ClO2. The Labute approximate surface area is 83.1 Å². The molecule has 72 valence electrons. The minimum Gasteiger partial charge on any atom is -0.394 e. The van der Waals surface area contributed by atoms with Crippen LogP contribution in [0, 0.1) is 0 Å². The van der Waals surface area contributed by atoms with Gasteiger partial charge in [0.2, 0.25) is 0 Å². The van der Waals surface area contributed by atoms with Crippen molar-refractivity contribution in [2.45, 2.75) is 6.42 Å². The van der Waals surface area contributed by atoms with Crippen molar-refractivity contribution in [3.05, 3.63) is 34.9 Å². The number of aliphatic hydroxyl groups is 1. The number of benzene rings is 1. The van der Waals surface area contributed by atoms with Crippen molar-refractivity contribution in [2.24, 2.45) is 0 Å². The third-order valence-electron chi connectivity index (χ3n) is 1.66. The lowest BCUT2D eigenvalue weighted by Gasteiger charge is -2.02. The Kier molecular flexibility index (Phi) is 4.83. The van der Waals surface area contributed by atoms with E-state index in [0.717, 1.165) is 17.0 Å². The van der Waals surface area contributed by atoms with Gasteiger partial charge in [-0.2, -0.15) is 0 Å². The highest BCUT2D eigenvalue weighted by Crippen LogP contribution is 2.10. The SMILES string of the molecule is OCCOCCc1cccc(Cl)c1. The summed E-state index contributed by atoms with van der Waals surface area (Å²) in [6.07, 6.45) is 0.834. The summed E-state index contributed by atoms with van der Waals surface area (Å²) in [6.45, 7) is 1.11. The predicted molar refractivity (Wildman–Crippen MR) is 53.1 cm³/mol. The van der Waals surface area contributed by atoms with Crippen molar-refractivity contribution in [3.8, 4) is 0 Å². The van der Waals surface area contributed by atoms with Gasteiger partial charge < -0.3 is 9.84 Å². The normalized spacial score (nSPS) is 10.3. The fraction of sp³-hybridized carbons (Fsp3) is 0.400. The Hall–Kier alpha value is -0.570. The molecule has 2 nitrogen and oxygen atoms in total. The van der Waals surface area contributed by atoms with Gasteiger partial charge in [-0.25, -0.2) is 0 Å². The zero-order chi connectivity index (χ0) is 9.52. The largest absolute Gasteiger partial charge is 0.394 e. The topological polar surface area (TPSA) is 29.5 Å². The Morgan fingerprint density at radius 1 is 1.31 bits per heavy atom. The van der Waals surface area contributed by atoms with Crippen molar-refractivity contribution >= 4 is 11.6 Å². The number of aliphatic hydroxyl groups excluding tert-OH is 1. The maximum atomic E-state index is 8.46. The Bertz CT molecular complexity index is 250. The summed E-state index contributed by atoms with van der Waals surface area (Å²) >= 11 is 5.80. The van der Waals surface area contributed by atoms with Crippen molar-refractivity contribution in [1.29, 1.82) is 0 Å². The van der Waals surface area contributed by atoms with E-state index in [-0.39, 0.29) is 6.61 Å². The molecule has 3 heteroatoms. The van der Waals surface area contributed by atoms with Gasteiger partial charge >= 0.3 is 0 Å². The highest BCUT2D eigenvalue weighted by Gasteiger charge is 1.93. The molecule has 1 N–H and O–H groups in total. The summed E-state index contributed by atoms with van der Waals surface area (Å²) in [6, 6.07) is 7.70. The Morgan fingerprint density at radius 3 is 2.85 bits per heavy atom. The van der Waals surface area contributed by atoms with E-state index < -0.39 is 0 Å². The van der Waals surface area contributed by atoms with E-state index in [1.807, 2.05) is 24.3 Å². The first-order chi connectivity index (χ1) is 6.33. The van der Waals surface area contributed by atoms with Gasteiger partial charge in [-0.05, 0) is 24.1 Å². The van der Waals surface area contributed by atoms with Crippen molar-refractivity contribution in [2.75, 3.05) is 19.8 Å². The van der Waals surface area contributed by atoms with E-state index in [2.05, 4.69) is 0 Å². The molecule has 0 saturated carbocycles. The molecule has 0 unspecified atom stereocenters. The van der Waals surface area contributed by atoms with Gasteiger partial charge in [0, 0.05) is 5.02 Å². The van der Waals surface area contributed by atoms with E-state index in [4.69, 9.17) is 21.4 Å². The van der Waals surface area contributed by atoms with E-state index in [9.17, 15) is 0 Å². The van der Waals surface area contributed by atoms with Crippen molar-refractivity contribution in [1.82, 2.24) is 0 Å². The van der Waals surface area contributed by atoms with Crippen LogP contribution in [0.1, 0.15) is 5.56 Å². The van der Waals surface area contributed by atoms with E-state index in [1.54, 1.807) is 0 Å². The van der Waals surface area contributed by atoms with Crippen LogP contribution in [-0.4, -0.2) is 24.9 Å². The van der Waals surface area contributed by atoms with Gasteiger partial charge in [-0.1, -0.05) is 23.7 Å². The second-order valence-corrected chi connectivity index (χ2v) is 3.15. The monoisotopic (exact) mass is 200 g/mol. The number of halogens is 1. The summed E-state index contributed by atoms with van der Waals surface area (Å²) in [7, 11) is 0. The molecule has 0 aliphatic carbocycles. The van der Waals surface area contributed by atoms with Crippen LogP contribution < -0.4 is 0 Å². The highest BCUT2D eigenvalue weighted by atomic mass is 35.5. The van der Waals surface area contributed by atoms with Crippen LogP contribution in [0.15, 0.2) is 24.3 Å². The molecule has 0 aliphatic heterocycles. The summed E-state index contributed by atoms with van der Waals surface area (Å²) in [4.78, 5) is 0. The molecule has 0 aromatic heterocycles. The van der Waals surface area contributed by atoms with Gasteiger partial charge in [0.25, 0.3) is 0 Å². The highest BCUT2D eigenvalue weighted by molar-refractivity contribution is 6.30. The van der Waals surface area contributed by atoms with Gasteiger partial charge in [-0.3, -0.25) is 0 Å². The molecule has 0 radical (unpaired) electrons. The average Bonchev–Trinajstić information content (AvgIpc) is 2.13. The molecular weight excluding hydrogens is 188 g/mol. The smallest absolute Gasteiger partial charge is 0.0697 e. The fourth-order valence-electron chi connectivity index (χ4n) is 1.05. The van der Waals surface area contributed by atoms with E-state index in [0.29, 0.717) is 13.2 Å². The maximum Gasteiger partial charge on any atom is 0.0697 e. The zero-order valence-corrected chi connectivity index (χ0v) is 8.13. The van der Waals surface area contributed by atoms with Crippen LogP contribution in [0.4, 0.5) is 0 Å². The minimum absolute atomic E-state index is 0.0789. The lowest BCUT2D eigenvalue weighted by Crippen LogP contribution is -2.02. The second-order valence-electron chi connectivity index (χ2n) is 2.72. The van der Waals surface area contributed by atoms with Crippen LogP contribution in [0.3, 0.4) is 0 Å². The number of hydrogen-bond donors (Lipinski definition) is 1. The maximum absolute atomic E-state index is 8.46. The summed E-state index contributed by atoms with van der Waals surface area (Å²) in [5.41, 5.74) is 1.16. The molecule has 0 fully saturated rings. The lowest BCUT2D eigenvalue weighted by atomic mass is 10.2. The molecule has 0 saturated heterocycles. The van der Waals surface area contributed by atoms with Gasteiger partial charge in [-0.15, -0.1) is 0 Å². The molecule has 1 aromatic carbocycles. The third-order valence-corrected chi connectivity index (χ3v) is 1.89. The molecule has 0 bridgehead atoms. The first kappa shape index (κ1) is 10.5. The van der Waals surface area contributed by atoms with Crippen LogP contribution in [-0.2, 0) is 11.2 Å². The first-order valence-electron chi connectivity index (χ1n) is 4.26. The summed E-state index contributed by atoms with van der Waals surface area (Å²) in [5, 5.41) is 9.21. The first-order valence-corrected chi connectivity index (χ1v) is 4.64. The molecule has 1 rings (SSSR count). The molecule has 0 aliphatic rings.